The lowest BCUT2D eigenvalue weighted by Crippen LogP contribution is -2.36. The number of methoxy groups -OCH3 is 1. The van der Waals surface area contributed by atoms with Crippen molar-refractivity contribution in [1.82, 2.24) is 9.80 Å². The van der Waals surface area contributed by atoms with E-state index in [9.17, 15) is 4.79 Å². The first-order chi connectivity index (χ1) is 15.4. The van der Waals surface area contributed by atoms with Gasteiger partial charge < -0.3 is 19.3 Å². The zero-order valence-corrected chi connectivity index (χ0v) is 20.6. The van der Waals surface area contributed by atoms with Gasteiger partial charge >= 0.3 is 0 Å². The van der Waals surface area contributed by atoms with Crippen LogP contribution in [0.25, 0.3) is 0 Å². The Bertz CT molecular complexity index is 740. The van der Waals surface area contributed by atoms with E-state index in [1.165, 1.54) is 30.4 Å². The second kappa shape index (κ2) is 13.2. The molecule has 2 aliphatic rings. The monoisotopic (exact) mass is 442 g/mol. The van der Waals surface area contributed by atoms with Crippen molar-refractivity contribution in [1.29, 1.82) is 0 Å². The van der Waals surface area contributed by atoms with Crippen molar-refractivity contribution < 1.29 is 14.3 Å². The number of benzene rings is 1. The van der Waals surface area contributed by atoms with Gasteiger partial charge in [-0.1, -0.05) is 26.5 Å². The number of piperidine rings is 1. The molecule has 1 atom stereocenters. The first-order valence-corrected chi connectivity index (χ1v) is 12.0. The van der Waals surface area contributed by atoms with Crippen LogP contribution in [0, 0.1) is 6.92 Å². The third kappa shape index (κ3) is 7.32. The van der Waals surface area contributed by atoms with E-state index in [1.54, 1.807) is 7.11 Å². The second-order valence-electron chi connectivity index (χ2n) is 8.92. The molecule has 2 saturated heterocycles. The van der Waals surface area contributed by atoms with Crippen LogP contribution in [0.3, 0.4) is 0 Å². The average Bonchev–Trinajstić information content (AvgIpc) is 3.28. The Kier molecular flexibility index (Phi) is 10.6. The van der Waals surface area contributed by atoms with Crippen molar-refractivity contribution >= 4 is 5.91 Å². The zero-order chi connectivity index (χ0) is 23.5. The summed E-state index contributed by atoms with van der Waals surface area (Å²) < 4.78 is 11.3. The number of hydrogen-bond donors (Lipinski definition) is 0. The predicted molar refractivity (Wildman–Crippen MR) is 132 cm³/mol. The van der Waals surface area contributed by atoms with E-state index >= 15 is 0 Å². The van der Waals surface area contributed by atoms with Gasteiger partial charge in [0, 0.05) is 25.7 Å². The van der Waals surface area contributed by atoms with Gasteiger partial charge in [-0.05, 0) is 74.4 Å². The molecule has 0 N–H and O–H groups in total. The van der Waals surface area contributed by atoms with Crippen LogP contribution in [-0.4, -0.2) is 55.1 Å². The number of carbonyl (C=O) groups is 1. The van der Waals surface area contributed by atoms with Gasteiger partial charge in [-0.25, -0.2) is 0 Å². The lowest BCUT2D eigenvalue weighted by Gasteiger charge is -2.26. The third-order valence-corrected chi connectivity index (χ3v) is 6.31. The number of carbonyl (C=O) groups excluding carboxylic acids is 1. The highest BCUT2D eigenvalue weighted by molar-refractivity contribution is 5.76. The maximum Gasteiger partial charge on any atom is 0.225 e. The summed E-state index contributed by atoms with van der Waals surface area (Å²) in [5.41, 5.74) is 2.46. The van der Waals surface area contributed by atoms with E-state index in [-0.39, 0.29) is 5.91 Å². The smallest absolute Gasteiger partial charge is 0.225 e. The van der Waals surface area contributed by atoms with Gasteiger partial charge in [0.15, 0.2) is 11.5 Å². The standard InChI is InChI=1S/C19H29NO3.C8H13N/c1-14(2)16-13-18(17(22-4)12-15(16)3)23-11-8-19(21)20-9-6-5-7-10-20;1-3-8-6-5-7-9(8)4-2/h12-14H,5-11H2,1-4H3;3-4,8H,1-2,5-7H2. The average molecular weight is 443 g/mol. The summed E-state index contributed by atoms with van der Waals surface area (Å²) in [7, 11) is 1.65. The van der Waals surface area contributed by atoms with Crippen LogP contribution < -0.4 is 9.47 Å². The summed E-state index contributed by atoms with van der Waals surface area (Å²) in [6.45, 7) is 17.2. The summed E-state index contributed by atoms with van der Waals surface area (Å²) >= 11 is 0. The lowest BCUT2D eigenvalue weighted by molar-refractivity contribution is -0.132. The highest BCUT2D eigenvalue weighted by atomic mass is 16.5. The van der Waals surface area contributed by atoms with E-state index in [0.29, 0.717) is 25.0 Å². The number of amides is 1. The van der Waals surface area contributed by atoms with Crippen molar-refractivity contribution in [3.63, 3.8) is 0 Å². The molecule has 0 radical (unpaired) electrons. The molecule has 3 rings (SSSR count). The van der Waals surface area contributed by atoms with Crippen LogP contribution in [0.4, 0.5) is 0 Å². The second-order valence-corrected chi connectivity index (χ2v) is 8.92. The largest absolute Gasteiger partial charge is 0.493 e. The maximum absolute atomic E-state index is 12.2. The molecular formula is C27H42N2O3. The topological polar surface area (TPSA) is 42.0 Å². The van der Waals surface area contributed by atoms with Gasteiger partial charge in [-0.3, -0.25) is 4.79 Å². The Hall–Kier alpha value is -2.43. The Balaban J connectivity index is 0.000000336. The van der Waals surface area contributed by atoms with E-state index in [0.717, 1.165) is 44.0 Å². The minimum absolute atomic E-state index is 0.194. The first-order valence-electron chi connectivity index (χ1n) is 12.0. The number of likely N-dealkylation sites (tertiary alicyclic amines) is 2. The minimum Gasteiger partial charge on any atom is -0.493 e. The number of nitrogens with zero attached hydrogens (tertiary/aromatic N) is 2. The summed E-state index contributed by atoms with van der Waals surface area (Å²) in [4.78, 5) is 16.4. The third-order valence-electron chi connectivity index (χ3n) is 6.31. The van der Waals surface area contributed by atoms with Crippen LogP contribution in [0.5, 0.6) is 11.5 Å². The van der Waals surface area contributed by atoms with Crippen molar-refractivity contribution in [2.75, 3.05) is 33.4 Å². The number of hydrogen-bond acceptors (Lipinski definition) is 4. The normalized spacial score (nSPS) is 18.1. The quantitative estimate of drug-likeness (QED) is 0.485. The van der Waals surface area contributed by atoms with Crippen LogP contribution in [0.1, 0.15) is 69.4 Å². The molecule has 0 spiro atoms. The first kappa shape index (κ1) is 25.8. The van der Waals surface area contributed by atoms with E-state index in [1.807, 2.05) is 29.3 Å². The molecule has 178 valence electrons. The van der Waals surface area contributed by atoms with Crippen LogP contribution >= 0.6 is 0 Å². The van der Waals surface area contributed by atoms with Gasteiger partial charge in [0.05, 0.1) is 20.1 Å². The fourth-order valence-corrected chi connectivity index (χ4v) is 4.42. The summed E-state index contributed by atoms with van der Waals surface area (Å²) in [6.07, 6.45) is 10.3. The fourth-order valence-electron chi connectivity index (χ4n) is 4.42. The minimum atomic E-state index is 0.194. The molecule has 5 nitrogen and oxygen atoms in total. The molecule has 0 bridgehead atoms. The molecule has 2 heterocycles. The molecule has 32 heavy (non-hydrogen) atoms. The summed E-state index contributed by atoms with van der Waals surface area (Å²) in [6, 6.07) is 4.61. The Labute approximate surface area is 195 Å². The van der Waals surface area contributed by atoms with Crippen molar-refractivity contribution in [3.05, 3.63) is 48.7 Å². The summed E-state index contributed by atoms with van der Waals surface area (Å²) in [5.74, 6) is 2.09. The molecule has 1 unspecified atom stereocenters. The number of rotatable bonds is 8. The van der Waals surface area contributed by atoms with Gasteiger partial charge in [-0.15, -0.1) is 6.58 Å². The van der Waals surface area contributed by atoms with Crippen LogP contribution in [0.2, 0.25) is 0 Å². The van der Waals surface area contributed by atoms with Crippen LogP contribution in [-0.2, 0) is 4.79 Å². The van der Waals surface area contributed by atoms with Crippen LogP contribution in [0.15, 0.2) is 37.6 Å². The zero-order valence-electron chi connectivity index (χ0n) is 20.6. The van der Waals surface area contributed by atoms with Crippen molar-refractivity contribution in [3.8, 4) is 11.5 Å². The fraction of sp³-hybridized carbons (Fsp3) is 0.593. The molecule has 2 fully saturated rings. The molecule has 0 saturated carbocycles. The van der Waals surface area contributed by atoms with E-state index in [2.05, 4.69) is 38.8 Å². The molecule has 0 aromatic heterocycles. The number of ether oxygens (including phenoxy) is 2. The predicted octanol–water partition coefficient (Wildman–Crippen LogP) is 5.69. The highest BCUT2D eigenvalue weighted by Gasteiger charge is 2.18. The molecule has 1 aromatic carbocycles. The van der Waals surface area contributed by atoms with Gasteiger partial charge in [0.1, 0.15) is 0 Å². The Morgan fingerprint density at radius 1 is 1.12 bits per heavy atom. The molecule has 1 aromatic rings. The van der Waals surface area contributed by atoms with Crippen molar-refractivity contribution in [2.45, 2.75) is 71.3 Å². The maximum atomic E-state index is 12.2. The van der Waals surface area contributed by atoms with E-state index < -0.39 is 0 Å². The Morgan fingerprint density at radius 3 is 2.41 bits per heavy atom. The Morgan fingerprint density at radius 2 is 1.84 bits per heavy atom. The van der Waals surface area contributed by atoms with Gasteiger partial charge in [-0.2, -0.15) is 0 Å². The highest BCUT2D eigenvalue weighted by Crippen LogP contribution is 2.33. The van der Waals surface area contributed by atoms with Crippen molar-refractivity contribution in [2.24, 2.45) is 0 Å². The molecule has 2 aliphatic heterocycles. The van der Waals surface area contributed by atoms with Gasteiger partial charge in [0.25, 0.3) is 0 Å². The molecular weight excluding hydrogens is 400 g/mol. The summed E-state index contributed by atoms with van der Waals surface area (Å²) in [5, 5.41) is 0. The SMILES string of the molecule is C=CC1CCCN1C=C.COc1cc(C)c(C(C)C)cc1OCCC(=O)N1CCCCC1. The number of aryl methyl sites for hydroxylation is 1. The molecule has 0 aliphatic carbocycles. The lowest BCUT2D eigenvalue weighted by atomic mass is 9.97. The van der Waals surface area contributed by atoms with E-state index in [4.69, 9.17) is 9.47 Å². The molecule has 5 heteroatoms. The molecule has 1 amide bonds. The van der Waals surface area contributed by atoms with Gasteiger partial charge in [0.2, 0.25) is 5.91 Å².